The number of ether oxygens (including phenoxy) is 2. The molecule has 42 heavy (non-hydrogen) atoms. The molecule has 9 nitrogen and oxygen atoms in total. The van der Waals surface area contributed by atoms with Gasteiger partial charge in [0.2, 0.25) is 0 Å². The molecule has 2 N–H and O–H groups in total. The first-order valence-electron chi connectivity index (χ1n) is 14.6. The molecule has 1 atom stereocenters. The third-order valence-electron chi connectivity index (χ3n) is 7.52. The molecule has 9 heteroatoms. The van der Waals surface area contributed by atoms with Crippen LogP contribution < -0.4 is 15.5 Å². The van der Waals surface area contributed by atoms with E-state index in [9.17, 15) is 9.59 Å². The molecule has 0 spiro atoms. The number of hydrogen-bond acceptors (Lipinski definition) is 7. The van der Waals surface area contributed by atoms with Gasteiger partial charge in [0.1, 0.15) is 5.75 Å². The van der Waals surface area contributed by atoms with E-state index in [1.165, 1.54) is 11.1 Å². The van der Waals surface area contributed by atoms with Crippen molar-refractivity contribution in [3.05, 3.63) is 101 Å². The van der Waals surface area contributed by atoms with Gasteiger partial charge >= 0.3 is 0 Å². The maximum atomic E-state index is 12.6. The van der Waals surface area contributed by atoms with E-state index in [2.05, 4.69) is 56.0 Å². The summed E-state index contributed by atoms with van der Waals surface area (Å²) in [6, 6.07) is 25.5. The highest BCUT2D eigenvalue weighted by Gasteiger charge is 2.18. The van der Waals surface area contributed by atoms with E-state index < -0.39 is 0 Å². The zero-order valence-corrected chi connectivity index (χ0v) is 23.9. The van der Waals surface area contributed by atoms with Crippen molar-refractivity contribution in [1.29, 1.82) is 0 Å². The quantitative estimate of drug-likeness (QED) is 0.256. The predicted octanol–water partition coefficient (Wildman–Crippen LogP) is 3.44. The number of rotatable bonds is 12. The van der Waals surface area contributed by atoms with Crippen LogP contribution in [0.1, 0.15) is 39.9 Å². The number of hydrogen-bond donors (Lipinski definition) is 2. The number of carbonyl (C=O) groups is 2. The van der Waals surface area contributed by atoms with Gasteiger partial charge in [-0.25, -0.2) is 5.43 Å². The van der Waals surface area contributed by atoms with E-state index in [0.717, 1.165) is 64.3 Å². The molecule has 0 aliphatic carbocycles. The normalized spacial score (nSPS) is 17.8. The lowest BCUT2D eigenvalue weighted by atomic mass is 10.1. The van der Waals surface area contributed by atoms with Crippen LogP contribution in [0.4, 0.5) is 0 Å². The third kappa shape index (κ3) is 9.24. The van der Waals surface area contributed by atoms with E-state index in [4.69, 9.17) is 9.47 Å². The van der Waals surface area contributed by atoms with E-state index in [1.807, 2.05) is 36.4 Å². The molecule has 2 heterocycles. The highest BCUT2D eigenvalue weighted by atomic mass is 16.5. The van der Waals surface area contributed by atoms with Crippen LogP contribution in [0, 0.1) is 0 Å². The zero-order chi connectivity index (χ0) is 29.0. The van der Waals surface area contributed by atoms with Crippen LogP contribution in [-0.4, -0.2) is 79.9 Å². The number of benzene rings is 3. The molecule has 0 radical (unpaired) electrons. The molecule has 2 aliphatic heterocycles. The van der Waals surface area contributed by atoms with E-state index in [0.29, 0.717) is 17.9 Å². The van der Waals surface area contributed by atoms with Crippen molar-refractivity contribution in [1.82, 2.24) is 20.5 Å². The van der Waals surface area contributed by atoms with E-state index >= 15 is 0 Å². The van der Waals surface area contributed by atoms with E-state index in [-0.39, 0.29) is 24.5 Å². The van der Waals surface area contributed by atoms with Crippen molar-refractivity contribution in [2.45, 2.75) is 32.0 Å². The SMILES string of the molecule is O=C(COc1ccc(/C=N\NC(=O)c2ccc(CN3CCN(Cc4ccccc4)CC3)cc2)cc1)NC[C@@H]1CCCO1. The van der Waals surface area contributed by atoms with Gasteiger partial charge in [-0.3, -0.25) is 19.4 Å². The van der Waals surface area contributed by atoms with Crippen molar-refractivity contribution in [2.24, 2.45) is 5.10 Å². The average molecular weight is 570 g/mol. The summed E-state index contributed by atoms with van der Waals surface area (Å²) in [5, 5.41) is 6.92. The highest BCUT2D eigenvalue weighted by molar-refractivity contribution is 5.94. The summed E-state index contributed by atoms with van der Waals surface area (Å²) in [7, 11) is 0. The molecule has 2 fully saturated rings. The molecular formula is C33H39N5O4. The molecule has 2 saturated heterocycles. The van der Waals surface area contributed by atoms with Gasteiger partial charge in [-0.2, -0.15) is 5.10 Å². The van der Waals surface area contributed by atoms with Crippen LogP contribution in [0.2, 0.25) is 0 Å². The van der Waals surface area contributed by atoms with Gasteiger partial charge in [-0.15, -0.1) is 0 Å². The molecule has 220 valence electrons. The number of amides is 2. The number of piperazine rings is 1. The lowest BCUT2D eigenvalue weighted by Crippen LogP contribution is -2.45. The van der Waals surface area contributed by atoms with Crippen molar-refractivity contribution < 1.29 is 19.1 Å². The first kappa shape index (κ1) is 29.4. The topological polar surface area (TPSA) is 95.5 Å². The number of hydrazone groups is 1. The highest BCUT2D eigenvalue weighted by Crippen LogP contribution is 2.14. The molecule has 2 aliphatic rings. The predicted molar refractivity (Wildman–Crippen MR) is 162 cm³/mol. The summed E-state index contributed by atoms with van der Waals surface area (Å²) in [5.41, 5.74) is 6.49. The fraction of sp³-hybridized carbons (Fsp3) is 0.364. The summed E-state index contributed by atoms with van der Waals surface area (Å²) < 4.78 is 11.1. The molecule has 2 amide bonds. The molecule has 0 unspecified atom stereocenters. The maximum absolute atomic E-state index is 12.6. The Labute approximate surface area is 247 Å². The molecule has 5 rings (SSSR count). The van der Waals surface area contributed by atoms with Crippen molar-refractivity contribution in [3.8, 4) is 5.75 Å². The van der Waals surface area contributed by atoms with E-state index in [1.54, 1.807) is 18.3 Å². The summed E-state index contributed by atoms with van der Waals surface area (Å²) in [5.74, 6) is 0.142. The molecule has 0 bridgehead atoms. The van der Waals surface area contributed by atoms with Crippen LogP contribution in [0.3, 0.4) is 0 Å². The van der Waals surface area contributed by atoms with Gasteiger partial charge in [0, 0.05) is 58.0 Å². The monoisotopic (exact) mass is 569 g/mol. The summed E-state index contributed by atoms with van der Waals surface area (Å²) in [6.45, 7) is 7.26. The van der Waals surface area contributed by atoms with Gasteiger partial charge in [0.15, 0.2) is 6.61 Å². The lowest BCUT2D eigenvalue weighted by molar-refractivity contribution is -0.123. The van der Waals surface area contributed by atoms with Gasteiger partial charge < -0.3 is 14.8 Å². The Hall–Kier alpha value is -4.05. The first-order chi connectivity index (χ1) is 20.6. The Morgan fingerprint density at radius 2 is 1.55 bits per heavy atom. The second-order valence-electron chi connectivity index (χ2n) is 10.7. The van der Waals surface area contributed by atoms with Crippen LogP contribution in [0.25, 0.3) is 0 Å². The van der Waals surface area contributed by atoms with Crippen LogP contribution in [-0.2, 0) is 22.6 Å². The van der Waals surface area contributed by atoms with Gasteiger partial charge in [0.05, 0.1) is 12.3 Å². The molecule has 0 saturated carbocycles. The van der Waals surface area contributed by atoms with Crippen LogP contribution >= 0.6 is 0 Å². The molecule has 3 aromatic carbocycles. The van der Waals surface area contributed by atoms with Gasteiger partial charge in [0.25, 0.3) is 11.8 Å². The number of nitrogens with zero attached hydrogens (tertiary/aromatic N) is 3. The number of nitrogens with one attached hydrogen (secondary N) is 2. The molecule has 0 aromatic heterocycles. The van der Waals surface area contributed by atoms with Crippen molar-refractivity contribution in [2.75, 3.05) is 45.9 Å². The standard InChI is InChI=1S/C33H39N5O4/c39-32(34-22-31-7-4-20-41-31)25-42-30-14-10-26(11-15-30)21-35-36-33(40)29-12-8-28(9-13-29)24-38-18-16-37(17-19-38)23-27-5-2-1-3-6-27/h1-3,5-6,8-15,21,31H,4,7,16-20,22-25H2,(H,34,39)(H,36,40)/b35-21-/t31-/m0/s1. The lowest BCUT2D eigenvalue weighted by Gasteiger charge is -2.34. The minimum absolute atomic E-state index is 0.0552. The van der Waals surface area contributed by atoms with Crippen molar-refractivity contribution in [3.63, 3.8) is 0 Å². The Morgan fingerprint density at radius 1 is 0.881 bits per heavy atom. The molecule has 3 aromatic rings. The Bertz CT molecular complexity index is 1300. The van der Waals surface area contributed by atoms with Crippen molar-refractivity contribution >= 4 is 18.0 Å². The third-order valence-corrected chi connectivity index (χ3v) is 7.52. The fourth-order valence-corrected chi connectivity index (χ4v) is 5.08. The Morgan fingerprint density at radius 3 is 2.19 bits per heavy atom. The van der Waals surface area contributed by atoms with Gasteiger partial charge in [-0.1, -0.05) is 42.5 Å². The maximum Gasteiger partial charge on any atom is 0.271 e. The number of carbonyl (C=O) groups excluding carboxylic acids is 2. The first-order valence-corrected chi connectivity index (χ1v) is 14.6. The smallest absolute Gasteiger partial charge is 0.271 e. The van der Waals surface area contributed by atoms with Crippen LogP contribution in [0.5, 0.6) is 5.75 Å². The summed E-state index contributed by atoms with van der Waals surface area (Å²) in [6.07, 6.45) is 3.70. The minimum Gasteiger partial charge on any atom is -0.484 e. The molecular weight excluding hydrogens is 530 g/mol. The second kappa shape index (κ2) is 15.3. The van der Waals surface area contributed by atoms with Crippen LogP contribution in [0.15, 0.2) is 84.0 Å². The fourth-order valence-electron chi connectivity index (χ4n) is 5.08. The Balaban J connectivity index is 0.991. The zero-order valence-electron chi connectivity index (χ0n) is 23.9. The summed E-state index contributed by atoms with van der Waals surface area (Å²) >= 11 is 0. The summed E-state index contributed by atoms with van der Waals surface area (Å²) in [4.78, 5) is 29.5. The minimum atomic E-state index is -0.263. The second-order valence-corrected chi connectivity index (χ2v) is 10.7. The van der Waals surface area contributed by atoms with Gasteiger partial charge in [-0.05, 0) is 65.9 Å². The largest absolute Gasteiger partial charge is 0.484 e. The average Bonchev–Trinajstić information content (AvgIpc) is 3.55. The Kier molecular flexibility index (Phi) is 10.7.